The third-order valence-electron chi connectivity index (χ3n) is 4.05. The minimum Gasteiger partial charge on any atom is -0.504 e. The Morgan fingerprint density at radius 1 is 1.19 bits per heavy atom. The van der Waals surface area contributed by atoms with Crippen molar-refractivity contribution in [3.63, 3.8) is 0 Å². The number of nitrogens with one attached hydrogen (secondary N) is 2. The number of hydrogen-bond donors (Lipinski definition) is 4. The number of fused-ring (bicyclic) bond motifs is 1. The monoisotopic (exact) mass is 381 g/mol. The number of hydroxylamine groups is 1. The molecule has 9 heteroatoms. The molecule has 4 N–H and O–H groups in total. The molecule has 0 bridgehead atoms. The number of carbonyl (C=O) groups is 1. The Kier molecular flexibility index (Phi) is 4.22. The lowest BCUT2D eigenvalue weighted by Crippen LogP contribution is -2.18. The molecule has 0 spiro atoms. The third kappa shape index (κ3) is 3.09. The van der Waals surface area contributed by atoms with Gasteiger partial charge >= 0.3 is 0 Å². The van der Waals surface area contributed by atoms with Crippen LogP contribution in [0, 0.1) is 6.92 Å². The lowest BCUT2D eigenvalue weighted by Gasteiger charge is -2.04. The molecule has 0 aliphatic rings. The van der Waals surface area contributed by atoms with Crippen LogP contribution >= 0.6 is 11.3 Å². The van der Waals surface area contributed by atoms with Crippen LogP contribution in [0.2, 0.25) is 0 Å². The molecular formula is C18H15N5O3S. The van der Waals surface area contributed by atoms with Gasteiger partial charge in [0, 0.05) is 22.8 Å². The van der Waals surface area contributed by atoms with Gasteiger partial charge in [-0.2, -0.15) is 0 Å². The first-order valence-corrected chi connectivity index (χ1v) is 8.89. The maximum absolute atomic E-state index is 11.4. The highest BCUT2D eigenvalue weighted by Gasteiger charge is 2.16. The summed E-state index contributed by atoms with van der Waals surface area (Å²) in [4.78, 5) is 20.4. The highest BCUT2D eigenvalue weighted by Crippen LogP contribution is 2.31. The minimum absolute atomic E-state index is 0.118. The maximum atomic E-state index is 11.4. The van der Waals surface area contributed by atoms with Gasteiger partial charge < -0.3 is 10.4 Å². The molecule has 8 nitrogen and oxygen atoms in total. The predicted octanol–water partition coefficient (Wildman–Crippen LogP) is 3.33. The standard InChI is InChI=1S/C18H15N5O3S/c1-10-15(23-8-2-3-14(24)16(23)19-10)13-9-27-18(21-13)20-12-6-4-11(5-7-12)17(25)22-26/h2-9,24,26H,1H3,(H,20,21)(H,22,25). The molecule has 3 heterocycles. The molecule has 0 aliphatic carbocycles. The fourth-order valence-corrected chi connectivity index (χ4v) is 3.52. The number of nitrogens with zero attached hydrogens (tertiary/aromatic N) is 3. The van der Waals surface area contributed by atoms with Gasteiger partial charge in [-0.05, 0) is 43.3 Å². The Labute approximate surface area is 157 Å². The van der Waals surface area contributed by atoms with Crippen LogP contribution in [0.25, 0.3) is 17.0 Å². The van der Waals surface area contributed by atoms with Crippen molar-refractivity contribution in [2.24, 2.45) is 0 Å². The Morgan fingerprint density at radius 2 is 1.96 bits per heavy atom. The summed E-state index contributed by atoms with van der Waals surface area (Å²) in [5, 5.41) is 24.4. The summed E-state index contributed by atoms with van der Waals surface area (Å²) >= 11 is 1.43. The van der Waals surface area contributed by atoms with E-state index in [4.69, 9.17) is 5.21 Å². The average molecular weight is 381 g/mol. The van der Waals surface area contributed by atoms with Gasteiger partial charge in [-0.1, -0.05) is 0 Å². The minimum atomic E-state index is -0.565. The fraction of sp³-hybridized carbons (Fsp3) is 0.0556. The second-order valence-electron chi connectivity index (χ2n) is 5.81. The molecule has 4 rings (SSSR count). The van der Waals surface area contributed by atoms with Gasteiger partial charge in [-0.15, -0.1) is 11.3 Å². The van der Waals surface area contributed by atoms with Crippen LogP contribution in [0.5, 0.6) is 5.75 Å². The van der Waals surface area contributed by atoms with Gasteiger partial charge in [0.25, 0.3) is 5.91 Å². The fourth-order valence-electron chi connectivity index (χ4n) is 2.81. The summed E-state index contributed by atoms with van der Waals surface area (Å²) in [5.41, 5.74) is 5.54. The van der Waals surface area contributed by atoms with E-state index >= 15 is 0 Å². The molecule has 0 atom stereocenters. The van der Waals surface area contributed by atoms with Gasteiger partial charge in [-0.25, -0.2) is 15.4 Å². The predicted molar refractivity (Wildman–Crippen MR) is 102 cm³/mol. The van der Waals surface area contributed by atoms with Crippen LogP contribution < -0.4 is 10.8 Å². The molecule has 0 saturated carbocycles. The van der Waals surface area contributed by atoms with Gasteiger partial charge in [-0.3, -0.25) is 14.4 Å². The zero-order valence-electron chi connectivity index (χ0n) is 14.2. The van der Waals surface area contributed by atoms with E-state index in [1.807, 2.05) is 22.9 Å². The molecule has 0 unspecified atom stereocenters. The first-order chi connectivity index (χ1) is 13.1. The van der Waals surface area contributed by atoms with Crippen LogP contribution in [0.1, 0.15) is 16.1 Å². The molecule has 0 aliphatic heterocycles. The van der Waals surface area contributed by atoms with E-state index in [0.29, 0.717) is 16.3 Å². The number of benzene rings is 1. The molecule has 27 heavy (non-hydrogen) atoms. The first kappa shape index (κ1) is 17.0. The highest BCUT2D eigenvalue weighted by atomic mass is 32.1. The topological polar surface area (TPSA) is 112 Å². The number of pyridine rings is 1. The summed E-state index contributed by atoms with van der Waals surface area (Å²) in [6.45, 7) is 1.87. The van der Waals surface area contributed by atoms with Crippen molar-refractivity contribution in [2.45, 2.75) is 6.92 Å². The molecule has 0 radical (unpaired) electrons. The Morgan fingerprint density at radius 3 is 2.70 bits per heavy atom. The summed E-state index contributed by atoms with van der Waals surface area (Å²) in [5.74, 6) is -0.447. The number of hydrogen-bond acceptors (Lipinski definition) is 7. The van der Waals surface area contributed by atoms with Crippen LogP contribution in [0.3, 0.4) is 0 Å². The maximum Gasteiger partial charge on any atom is 0.274 e. The van der Waals surface area contributed by atoms with Crippen molar-refractivity contribution < 1.29 is 15.1 Å². The molecule has 3 aromatic heterocycles. The number of aromatic hydroxyl groups is 1. The van der Waals surface area contributed by atoms with E-state index in [-0.39, 0.29) is 5.75 Å². The number of carbonyl (C=O) groups excluding carboxylic acids is 1. The summed E-state index contributed by atoms with van der Waals surface area (Å²) in [6.07, 6.45) is 1.84. The van der Waals surface area contributed by atoms with E-state index in [2.05, 4.69) is 15.3 Å². The number of rotatable bonds is 4. The van der Waals surface area contributed by atoms with Gasteiger partial charge in [0.1, 0.15) is 5.69 Å². The number of amides is 1. The number of aromatic nitrogens is 3. The first-order valence-electron chi connectivity index (χ1n) is 8.01. The van der Waals surface area contributed by atoms with Gasteiger partial charge in [0.05, 0.1) is 11.4 Å². The van der Waals surface area contributed by atoms with Crippen molar-refractivity contribution in [3.05, 3.63) is 59.2 Å². The smallest absolute Gasteiger partial charge is 0.274 e. The second kappa shape index (κ2) is 6.71. The quantitative estimate of drug-likeness (QED) is 0.319. The Hall–Kier alpha value is -3.43. The summed E-state index contributed by atoms with van der Waals surface area (Å²) in [6, 6.07) is 9.99. The van der Waals surface area contributed by atoms with Crippen molar-refractivity contribution in [1.82, 2.24) is 19.8 Å². The third-order valence-corrected chi connectivity index (χ3v) is 4.81. The number of imidazole rings is 1. The Bertz CT molecular complexity index is 1130. The zero-order chi connectivity index (χ0) is 19.0. The van der Waals surface area contributed by atoms with Gasteiger partial charge in [0.15, 0.2) is 16.5 Å². The van der Waals surface area contributed by atoms with E-state index in [9.17, 15) is 9.90 Å². The number of aryl methyl sites for hydroxylation is 1. The SMILES string of the molecule is Cc1nc2c(O)cccn2c1-c1csc(Nc2ccc(C(=O)NO)cc2)n1. The molecule has 0 fully saturated rings. The summed E-state index contributed by atoms with van der Waals surface area (Å²) in [7, 11) is 0. The van der Waals surface area contributed by atoms with E-state index in [1.54, 1.807) is 41.9 Å². The highest BCUT2D eigenvalue weighted by molar-refractivity contribution is 7.14. The molecule has 1 amide bonds. The lowest BCUT2D eigenvalue weighted by atomic mass is 10.2. The molecule has 0 saturated heterocycles. The van der Waals surface area contributed by atoms with E-state index in [1.165, 1.54) is 11.3 Å². The molecule has 4 aromatic rings. The normalized spacial score (nSPS) is 10.9. The van der Waals surface area contributed by atoms with Crippen LogP contribution in [0.4, 0.5) is 10.8 Å². The largest absolute Gasteiger partial charge is 0.504 e. The van der Waals surface area contributed by atoms with Crippen LogP contribution in [-0.2, 0) is 0 Å². The average Bonchev–Trinajstić information content (AvgIpc) is 3.26. The number of thiazole rings is 1. The molecule has 1 aromatic carbocycles. The van der Waals surface area contributed by atoms with Crippen molar-refractivity contribution in [2.75, 3.05) is 5.32 Å². The van der Waals surface area contributed by atoms with E-state index < -0.39 is 5.91 Å². The van der Waals surface area contributed by atoms with Gasteiger partial charge in [0.2, 0.25) is 0 Å². The Balaban J connectivity index is 1.62. The van der Waals surface area contributed by atoms with Crippen molar-refractivity contribution in [1.29, 1.82) is 0 Å². The lowest BCUT2D eigenvalue weighted by molar-refractivity contribution is 0.0706. The molecular weight excluding hydrogens is 366 g/mol. The van der Waals surface area contributed by atoms with E-state index in [0.717, 1.165) is 22.8 Å². The van der Waals surface area contributed by atoms with Crippen LogP contribution in [-0.4, -0.2) is 30.6 Å². The summed E-state index contributed by atoms with van der Waals surface area (Å²) < 4.78 is 1.81. The molecule has 136 valence electrons. The van der Waals surface area contributed by atoms with Crippen LogP contribution in [0.15, 0.2) is 48.0 Å². The zero-order valence-corrected chi connectivity index (χ0v) is 15.0. The number of anilines is 2. The second-order valence-corrected chi connectivity index (χ2v) is 6.67. The van der Waals surface area contributed by atoms with Crippen molar-refractivity contribution in [3.8, 4) is 17.1 Å². The van der Waals surface area contributed by atoms with Crippen molar-refractivity contribution >= 4 is 33.7 Å².